The van der Waals surface area contributed by atoms with Crippen LogP contribution in [0, 0.1) is 0 Å². The molecule has 0 aromatic heterocycles. The fourth-order valence-electron chi connectivity index (χ4n) is 5.71. The molecule has 0 heterocycles. The molecule has 0 bridgehead atoms. The van der Waals surface area contributed by atoms with Gasteiger partial charge in [0, 0.05) is 18.8 Å². The zero-order valence-electron chi connectivity index (χ0n) is 28.1. The van der Waals surface area contributed by atoms with E-state index >= 15 is 0 Å². The van der Waals surface area contributed by atoms with E-state index in [4.69, 9.17) is 12.2 Å². The summed E-state index contributed by atoms with van der Waals surface area (Å²) in [5, 5.41) is 0. The Hall–Kier alpha value is 0.240. The first-order valence-electron chi connectivity index (χ1n) is 18.7. The number of hydrogen-bond acceptors (Lipinski definition) is 2. The lowest BCUT2D eigenvalue weighted by Crippen LogP contribution is -2.30. The Bertz CT molecular complexity index is 457. The molecule has 1 nitrogen and oxygen atoms in total. The molecule has 0 aliphatic carbocycles. The fraction of sp³-hybridized carbons (Fsp3) is 0.973. The Morgan fingerprint density at radius 1 is 0.375 bits per heavy atom. The molecule has 0 saturated carbocycles. The van der Waals surface area contributed by atoms with E-state index in [1.165, 1.54) is 216 Å². The van der Waals surface area contributed by atoms with Crippen molar-refractivity contribution in [2.45, 2.75) is 213 Å². The molecule has 0 fully saturated rings. The highest BCUT2D eigenvalue weighted by Gasteiger charge is 2.10. The summed E-state index contributed by atoms with van der Waals surface area (Å²) in [5.41, 5.74) is 0. The Labute approximate surface area is 264 Å². The van der Waals surface area contributed by atoms with Crippen molar-refractivity contribution in [3.63, 3.8) is 0 Å². The third-order valence-electron chi connectivity index (χ3n) is 8.54. The lowest BCUT2D eigenvalue weighted by Gasteiger charge is -2.25. The van der Waals surface area contributed by atoms with Gasteiger partial charge in [-0.3, -0.25) is 0 Å². The quantitative estimate of drug-likeness (QED) is 0.0547. The van der Waals surface area contributed by atoms with Crippen LogP contribution in [0.3, 0.4) is 0 Å². The minimum absolute atomic E-state index is 1.19. The third kappa shape index (κ3) is 31.2. The molecule has 3 heteroatoms. The summed E-state index contributed by atoms with van der Waals surface area (Å²) in [4.78, 5) is 2.59. The van der Waals surface area contributed by atoms with Crippen molar-refractivity contribution < 1.29 is 0 Å². The maximum atomic E-state index is 5.97. The van der Waals surface area contributed by atoms with Crippen molar-refractivity contribution >= 4 is 28.3 Å². The molecule has 0 aliphatic rings. The van der Waals surface area contributed by atoms with Gasteiger partial charge in [0.15, 0.2) is 0 Å². The van der Waals surface area contributed by atoms with E-state index in [-0.39, 0.29) is 0 Å². The van der Waals surface area contributed by atoms with Gasteiger partial charge in [0.05, 0.1) is 0 Å². The molecular weight excluding hydrogens is 523 g/mol. The number of thiocarbonyl (C=S) groups is 1. The summed E-state index contributed by atoms with van der Waals surface area (Å²) in [6.45, 7) is 9.30. The summed E-state index contributed by atoms with van der Waals surface area (Å²) in [5.74, 6) is 1.22. The van der Waals surface area contributed by atoms with E-state index in [0.29, 0.717) is 0 Å². The molecule has 0 saturated heterocycles. The second-order valence-corrected chi connectivity index (χ2v) is 14.4. The van der Waals surface area contributed by atoms with Crippen LogP contribution in [0.1, 0.15) is 213 Å². The summed E-state index contributed by atoms with van der Waals surface area (Å²) in [7, 11) is 0. The molecule has 0 aromatic carbocycles. The second kappa shape index (κ2) is 35.4. The van der Waals surface area contributed by atoms with Gasteiger partial charge in [-0.2, -0.15) is 0 Å². The SMILES string of the molecule is CCCCCCCCCCCCSC(=S)N(CCCCCCCCCCCC)CCCCCCCCCCCC. The summed E-state index contributed by atoms with van der Waals surface area (Å²) in [6.07, 6.45) is 42.4. The van der Waals surface area contributed by atoms with Crippen molar-refractivity contribution in [1.82, 2.24) is 4.90 Å². The predicted molar refractivity (Wildman–Crippen MR) is 192 cm³/mol. The number of thioether (sulfide) groups is 1. The smallest absolute Gasteiger partial charge is 0.136 e. The first-order chi connectivity index (χ1) is 19.8. The molecule has 0 aliphatic heterocycles. The number of unbranched alkanes of at least 4 members (excludes halogenated alkanes) is 27. The summed E-state index contributed by atoms with van der Waals surface area (Å²) in [6, 6.07) is 0. The number of hydrogen-bond donors (Lipinski definition) is 0. The molecule has 0 radical (unpaired) electrons. The highest BCUT2D eigenvalue weighted by atomic mass is 32.2. The van der Waals surface area contributed by atoms with Crippen LogP contribution in [0.15, 0.2) is 0 Å². The van der Waals surface area contributed by atoms with Crippen molar-refractivity contribution in [1.29, 1.82) is 0 Å². The van der Waals surface area contributed by atoms with Crippen LogP contribution < -0.4 is 0 Å². The molecule has 0 unspecified atom stereocenters. The first-order valence-corrected chi connectivity index (χ1v) is 20.1. The minimum Gasteiger partial charge on any atom is -0.358 e. The van der Waals surface area contributed by atoms with Gasteiger partial charge in [0.2, 0.25) is 0 Å². The fourth-order valence-corrected chi connectivity index (χ4v) is 7.04. The van der Waals surface area contributed by atoms with E-state index in [2.05, 4.69) is 25.7 Å². The van der Waals surface area contributed by atoms with E-state index in [0.717, 1.165) is 0 Å². The van der Waals surface area contributed by atoms with E-state index < -0.39 is 0 Å². The van der Waals surface area contributed by atoms with Crippen LogP contribution in [-0.2, 0) is 0 Å². The Balaban J connectivity index is 4.05. The first kappa shape index (κ1) is 40.2. The van der Waals surface area contributed by atoms with Gasteiger partial charge in [-0.1, -0.05) is 218 Å². The van der Waals surface area contributed by atoms with Gasteiger partial charge in [0.25, 0.3) is 0 Å². The standard InChI is InChI=1S/C37H75NS2/c1-4-7-10-13-16-19-22-25-28-31-34-38(35-32-29-26-23-20-17-14-11-8-5-2)37(39)40-36-33-30-27-24-21-18-15-12-9-6-3/h4-36H2,1-3H3. The van der Waals surface area contributed by atoms with Crippen LogP contribution in [0.5, 0.6) is 0 Å². The molecule has 0 spiro atoms. The molecule has 0 amide bonds. The van der Waals surface area contributed by atoms with Crippen molar-refractivity contribution in [2.24, 2.45) is 0 Å². The Morgan fingerprint density at radius 2 is 0.625 bits per heavy atom. The van der Waals surface area contributed by atoms with E-state index in [1.54, 1.807) is 0 Å². The number of rotatable bonds is 33. The second-order valence-electron chi connectivity index (χ2n) is 12.6. The summed E-state index contributed by atoms with van der Waals surface area (Å²) >= 11 is 7.96. The van der Waals surface area contributed by atoms with Crippen LogP contribution in [0.4, 0.5) is 0 Å². The highest BCUT2D eigenvalue weighted by molar-refractivity contribution is 8.22. The monoisotopic (exact) mass is 598 g/mol. The molecule has 0 N–H and O–H groups in total. The molecular formula is C37H75NS2. The van der Waals surface area contributed by atoms with Crippen LogP contribution in [0.2, 0.25) is 0 Å². The predicted octanol–water partition coefficient (Wildman–Crippen LogP) is 14.1. The summed E-state index contributed by atoms with van der Waals surface area (Å²) < 4.78 is 1.20. The lowest BCUT2D eigenvalue weighted by atomic mass is 10.1. The lowest BCUT2D eigenvalue weighted by molar-refractivity contribution is 0.394. The molecule has 40 heavy (non-hydrogen) atoms. The minimum atomic E-state index is 1.19. The number of nitrogens with zero attached hydrogens (tertiary/aromatic N) is 1. The maximum Gasteiger partial charge on any atom is 0.136 e. The van der Waals surface area contributed by atoms with Gasteiger partial charge in [-0.15, -0.1) is 0 Å². The van der Waals surface area contributed by atoms with E-state index in [9.17, 15) is 0 Å². The average molecular weight is 598 g/mol. The van der Waals surface area contributed by atoms with Crippen molar-refractivity contribution in [3.05, 3.63) is 0 Å². The maximum absolute atomic E-state index is 5.97. The van der Waals surface area contributed by atoms with Crippen LogP contribution in [0.25, 0.3) is 0 Å². The van der Waals surface area contributed by atoms with Crippen molar-refractivity contribution in [2.75, 3.05) is 18.8 Å². The third-order valence-corrected chi connectivity index (χ3v) is 10.2. The zero-order valence-corrected chi connectivity index (χ0v) is 29.7. The highest BCUT2D eigenvalue weighted by Crippen LogP contribution is 2.18. The van der Waals surface area contributed by atoms with Crippen LogP contribution in [-0.4, -0.2) is 28.1 Å². The van der Waals surface area contributed by atoms with Crippen molar-refractivity contribution in [3.8, 4) is 0 Å². The molecule has 0 atom stereocenters. The van der Waals surface area contributed by atoms with Gasteiger partial charge in [0.1, 0.15) is 4.32 Å². The van der Waals surface area contributed by atoms with Crippen LogP contribution >= 0.6 is 24.0 Å². The Morgan fingerprint density at radius 3 is 0.925 bits per heavy atom. The van der Waals surface area contributed by atoms with Gasteiger partial charge >= 0.3 is 0 Å². The van der Waals surface area contributed by atoms with Gasteiger partial charge in [-0.25, -0.2) is 0 Å². The molecule has 0 rings (SSSR count). The largest absolute Gasteiger partial charge is 0.358 e. The average Bonchev–Trinajstić information content (AvgIpc) is 2.96. The zero-order chi connectivity index (χ0) is 29.2. The van der Waals surface area contributed by atoms with E-state index in [1.807, 2.05) is 11.8 Å². The molecule has 0 aromatic rings. The van der Waals surface area contributed by atoms with Gasteiger partial charge < -0.3 is 4.90 Å². The Kier molecular flexibility index (Phi) is 35.6. The topological polar surface area (TPSA) is 3.24 Å². The van der Waals surface area contributed by atoms with Gasteiger partial charge in [-0.05, 0) is 19.3 Å². The molecule has 240 valence electrons. The normalized spacial score (nSPS) is 11.4.